The van der Waals surface area contributed by atoms with Crippen molar-refractivity contribution in [2.45, 2.75) is 44.3 Å². The van der Waals surface area contributed by atoms with Gasteiger partial charge in [-0.1, -0.05) is 11.6 Å². The van der Waals surface area contributed by atoms with E-state index in [0.717, 1.165) is 29.4 Å². The molecule has 3 rings (SSSR count). The van der Waals surface area contributed by atoms with Gasteiger partial charge in [-0.2, -0.15) is 0 Å². The molecule has 1 aliphatic rings. The first-order chi connectivity index (χ1) is 8.57. The minimum Gasteiger partial charge on any atom is -0.458 e. The maximum absolute atomic E-state index is 14.9. The van der Waals surface area contributed by atoms with Crippen LogP contribution in [-0.2, 0) is 5.67 Å². The van der Waals surface area contributed by atoms with Crippen molar-refractivity contribution in [1.29, 1.82) is 0 Å². The highest BCUT2D eigenvalue weighted by molar-refractivity contribution is 5.78. The van der Waals surface area contributed by atoms with Gasteiger partial charge in [0.15, 0.2) is 5.67 Å². The van der Waals surface area contributed by atoms with Gasteiger partial charge in [-0.05, 0) is 44.4 Å². The molecule has 18 heavy (non-hydrogen) atoms. The van der Waals surface area contributed by atoms with Crippen molar-refractivity contribution in [2.75, 3.05) is 0 Å². The van der Waals surface area contributed by atoms with Crippen LogP contribution in [0.4, 0.5) is 4.39 Å². The van der Waals surface area contributed by atoms with Crippen molar-refractivity contribution in [3.63, 3.8) is 0 Å². The summed E-state index contributed by atoms with van der Waals surface area (Å²) in [6, 6.07) is 7.68. The third-order valence-corrected chi connectivity index (χ3v) is 3.85. The number of halogens is 1. The third-order valence-electron chi connectivity index (χ3n) is 3.85. The van der Waals surface area contributed by atoms with Crippen LogP contribution in [0.25, 0.3) is 11.0 Å². The number of rotatable bonds is 1. The zero-order valence-corrected chi connectivity index (χ0v) is 10.6. The average Bonchev–Trinajstić information content (AvgIpc) is 2.72. The first-order valence-corrected chi connectivity index (χ1v) is 6.52. The Labute approximate surface area is 106 Å². The van der Waals surface area contributed by atoms with E-state index >= 15 is 0 Å². The van der Waals surface area contributed by atoms with Gasteiger partial charge < -0.3 is 10.2 Å². The SMILES string of the molecule is Cc1ccc2oc(C3(F)CCCC(N)C3)cc2c1. The van der Waals surface area contributed by atoms with Crippen molar-refractivity contribution in [1.82, 2.24) is 0 Å². The summed E-state index contributed by atoms with van der Waals surface area (Å²) in [5.41, 5.74) is 6.41. The second kappa shape index (κ2) is 4.09. The fraction of sp³-hybridized carbons (Fsp3) is 0.467. The average molecular weight is 247 g/mol. The highest BCUT2D eigenvalue weighted by Crippen LogP contribution is 2.42. The quantitative estimate of drug-likeness (QED) is 0.832. The van der Waals surface area contributed by atoms with Crippen LogP contribution in [0.2, 0.25) is 0 Å². The molecular formula is C15H18FNO. The second-order valence-corrected chi connectivity index (χ2v) is 5.47. The van der Waals surface area contributed by atoms with Crippen LogP contribution in [0.3, 0.4) is 0 Å². The Morgan fingerprint density at radius 3 is 3.00 bits per heavy atom. The lowest BCUT2D eigenvalue weighted by Crippen LogP contribution is -2.35. The molecule has 1 heterocycles. The Kier molecular flexibility index (Phi) is 2.67. The van der Waals surface area contributed by atoms with Crippen molar-refractivity contribution < 1.29 is 8.81 Å². The standard InChI is InChI=1S/C15H18FNO/c1-10-4-5-13-11(7-10)8-14(18-13)15(16)6-2-3-12(17)9-15/h4-5,7-8,12H,2-3,6,9,17H2,1H3. The summed E-state index contributed by atoms with van der Waals surface area (Å²) < 4.78 is 20.6. The van der Waals surface area contributed by atoms with Crippen LogP contribution in [0.1, 0.15) is 37.0 Å². The molecule has 0 amide bonds. The number of nitrogens with two attached hydrogens (primary N) is 1. The van der Waals surface area contributed by atoms with Gasteiger partial charge in [0.25, 0.3) is 0 Å². The molecule has 2 atom stereocenters. The van der Waals surface area contributed by atoms with Gasteiger partial charge in [0.1, 0.15) is 11.3 Å². The molecule has 1 aromatic carbocycles. The maximum Gasteiger partial charge on any atom is 0.169 e. The largest absolute Gasteiger partial charge is 0.458 e. The second-order valence-electron chi connectivity index (χ2n) is 5.47. The van der Waals surface area contributed by atoms with E-state index in [-0.39, 0.29) is 6.04 Å². The topological polar surface area (TPSA) is 39.2 Å². The molecule has 1 aromatic heterocycles. The van der Waals surface area contributed by atoms with Crippen LogP contribution >= 0.6 is 0 Å². The number of furan rings is 1. The molecule has 1 saturated carbocycles. The van der Waals surface area contributed by atoms with Gasteiger partial charge >= 0.3 is 0 Å². The number of alkyl halides is 1. The summed E-state index contributed by atoms with van der Waals surface area (Å²) in [7, 11) is 0. The highest BCUT2D eigenvalue weighted by Gasteiger charge is 2.39. The van der Waals surface area contributed by atoms with Crippen molar-refractivity contribution in [2.24, 2.45) is 5.73 Å². The van der Waals surface area contributed by atoms with E-state index in [1.807, 2.05) is 31.2 Å². The Morgan fingerprint density at radius 2 is 2.22 bits per heavy atom. The highest BCUT2D eigenvalue weighted by atomic mass is 19.1. The Hall–Kier alpha value is -1.35. The van der Waals surface area contributed by atoms with E-state index in [0.29, 0.717) is 18.6 Å². The van der Waals surface area contributed by atoms with E-state index in [1.165, 1.54) is 0 Å². The van der Waals surface area contributed by atoms with Gasteiger partial charge in [-0.3, -0.25) is 0 Å². The molecule has 2 unspecified atom stereocenters. The van der Waals surface area contributed by atoms with E-state index < -0.39 is 5.67 Å². The molecule has 0 aliphatic heterocycles. The fourth-order valence-electron chi connectivity index (χ4n) is 2.87. The Balaban J connectivity index is 2.03. The molecular weight excluding hydrogens is 229 g/mol. The molecule has 2 aromatic rings. The first kappa shape index (κ1) is 11.7. The first-order valence-electron chi connectivity index (χ1n) is 6.52. The number of hydrogen-bond donors (Lipinski definition) is 1. The van der Waals surface area contributed by atoms with Crippen molar-refractivity contribution in [3.05, 3.63) is 35.6 Å². The Morgan fingerprint density at radius 1 is 1.39 bits per heavy atom. The minimum atomic E-state index is -1.38. The number of hydrogen-bond acceptors (Lipinski definition) is 2. The summed E-state index contributed by atoms with van der Waals surface area (Å²) in [5.74, 6) is 0.443. The third kappa shape index (κ3) is 1.93. The lowest BCUT2D eigenvalue weighted by molar-refractivity contribution is 0.0709. The molecule has 96 valence electrons. The van der Waals surface area contributed by atoms with Crippen LogP contribution in [-0.4, -0.2) is 6.04 Å². The van der Waals surface area contributed by atoms with Crippen molar-refractivity contribution in [3.8, 4) is 0 Å². The normalized spacial score (nSPS) is 28.7. The van der Waals surface area contributed by atoms with Crippen LogP contribution in [0, 0.1) is 6.92 Å². The molecule has 2 N–H and O–H groups in total. The van der Waals surface area contributed by atoms with E-state index in [1.54, 1.807) is 0 Å². The van der Waals surface area contributed by atoms with Gasteiger partial charge in [0.05, 0.1) is 0 Å². The minimum absolute atomic E-state index is 0.0568. The zero-order chi connectivity index (χ0) is 12.8. The number of fused-ring (bicyclic) bond motifs is 1. The molecule has 1 aliphatic carbocycles. The number of aryl methyl sites for hydroxylation is 1. The van der Waals surface area contributed by atoms with Crippen LogP contribution in [0.5, 0.6) is 0 Å². The van der Waals surface area contributed by atoms with Gasteiger partial charge in [-0.15, -0.1) is 0 Å². The van der Waals surface area contributed by atoms with Crippen molar-refractivity contribution >= 4 is 11.0 Å². The molecule has 1 fully saturated rings. The maximum atomic E-state index is 14.9. The zero-order valence-electron chi connectivity index (χ0n) is 10.6. The molecule has 2 nitrogen and oxygen atoms in total. The Bertz CT molecular complexity index is 577. The van der Waals surface area contributed by atoms with Gasteiger partial charge in [0.2, 0.25) is 0 Å². The predicted octanol–water partition coefficient (Wildman–Crippen LogP) is 3.81. The van der Waals surface area contributed by atoms with E-state index in [2.05, 4.69) is 0 Å². The predicted molar refractivity (Wildman–Crippen MR) is 70.2 cm³/mol. The summed E-state index contributed by atoms with van der Waals surface area (Å²) in [5, 5.41) is 0.973. The van der Waals surface area contributed by atoms with E-state index in [9.17, 15) is 4.39 Å². The molecule has 0 radical (unpaired) electrons. The lowest BCUT2D eigenvalue weighted by atomic mass is 9.82. The monoisotopic (exact) mass is 247 g/mol. The summed E-state index contributed by atoms with van der Waals surface area (Å²) in [6.45, 7) is 2.02. The van der Waals surface area contributed by atoms with Crippen LogP contribution < -0.4 is 5.73 Å². The van der Waals surface area contributed by atoms with E-state index in [4.69, 9.17) is 10.2 Å². The molecule has 0 saturated heterocycles. The fourth-order valence-corrected chi connectivity index (χ4v) is 2.87. The smallest absolute Gasteiger partial charge is 0.169 e. The number of benzene rings is 1. The summed E-state index contributed by atoms with van der Waals surface area (Å²) in [6.07, 6.45) is 2.62. The summed E-state index contributed by atoms with van der Waals surface area (Å²) in [4.78, 5) is 0. The van der Waals surface area contributed by atoms with Gasteiger partial charge in [-0.25, -0.2) is 4.39 Å². The van der Waals surface area contributed by atoms with Crippen LogP contribution in [0.15, 0.2) is 28.7 Å². The molecule has 0 spiro atoms. The van der Waals surface area contributed by atoms with Gasteiger partial charge in [0, 0.05) is 17.8 Å². The summed E-state index contributed by atoms with van der Waals surface area (Å²) >= 11 is 0. The molecule has 3 heteroatoms. The lowest BCUT2D eigenvalue weighted by Gasteiger charge is -2.31. The molecule has 0 bridgehead atoms.